The first-order valence-electron chi connectivity index (χ1n) is 6.06. The van der Waals surface area contributed by atoms with Gasteiger partial charge in [-0.3, -0.25) is 14.9 Å². The average molecular weight is 297 g/mol. The summed E-state index contributed by atoms with van der Waals surface area (Å²) in [5.41, 5.74) is 5.39. The summed E-state index contributed by atoms with van der Waals surface area (Å²) in [6.45, 7) is 0. The molecule has 0 aliphatic heterocycles. The fourth-order valence-electron chi connectivity index (χ4n) is 1.84. The average Bonchev–Trinajstić information content (AvgIpc) is 3.16. The number of thioether (sulfide) groups is 1. The number of pyridine rings is 1. The van der Waals surface area contributed by atoms with Crippen LogP contribution in [0.4, 0.5) is 11.5 Å². The lowest BCUT2D eigenvalue weighted by atomic mass is 10.1. The molecule has 1 aromatic rings. The number of esters is 1. The largest absolute Gasteiger partial charge is 0.469 e. The predicted molar refractivity (Wildman–Crippen MR) is 74.3 cm³/mol. The zero-order valence-electron chi connectivity index (χ0n) is 11.0. The van der Waals surface area contributed by atoms with Gasteiger partial charge in [-0.1, -0.05) is 11.8 Å². The molecule has 0 saturated heterocycles. The van der Waals surface area contributed by atoms with Gasteiger partial charge in [0.1, 0.15) is 5.82 Å². The molecule has 108 valence electrons. The van der Waals surface area contributed by atoms with Crippen LogP contribution in [0.1, 0.15) is 19.3 Å². The minimum atomic E-state index is -0.478. The summed E-state index contributed by atoms with van der Waals surface area (Å²) in [4.78, 5) is 25.8. The van der Waals surface area contributed by atoms with Crippen LogP contribution in [0.3, 0.4) is 0 Å². The first-order valence-corrected chi connectivity index (χ1v) is 7.05. The quantitative estimate of drug-likeness (QED) is 0.370. The van der Waals surface area contributed by atoms with E-state index in [4.69, 9.17) is 5.73 Å². The van der Waals surface area contributed by atoms with E-state index >= 15 is 0 Å². The van der Waals surface area contributed by atoms with Crippen molar-refractivity contribution < 1.29 is 14.5 Å². The van der Waals surface area contributed by atoms with E-state index in [1.54, 1.807) is 0 Å². The lowest BCUT2D eigenvalue weighted by Crippen LogP contribution is -2.13. The van der Waals surface area contributed by atoms with Gasteiger partial charge in [0.05, 0.1) is 18.5 Å². The van der Waals surface area contributed by atoms with Crippen LogP contribution in [0.15, 0.2) is 17.2 Å². The number of nitrogens with two attached hydrogens (primary N) is 1. The number of hydrogen-bond donors (Lipinski definition) is 1. The van der Waals surface area contributed by atoms with Crippen molar-refractivity contribution in [2.24, 2.45) is 5.41 Å². The summed E-state index contributed by atoms with van der Waals surface area (Å²) >= 11 is 1.27. The van der Waals surface area contributed by atoms with E-state index in [-0.39, 0.29) is 22.9 Å². The Hall–Kier alpha value is -1.83. The number of methoxy groups -OCH3 is 1. The predicted octanol–water partition coefficient (Wildman–Crippen LogP) is 2.01. The molecule has 2 N–H and O–H groups in total. The monoisotopic (exact) mass is 297 g/mol. The Morgan fingerprint density at radius 2 is 2.30 bits per heavy atom. The molecule has 1 aromatic heterocycles. The van der Waals surface area contributed by atoms with Gasteiger partial charge in [0.25, 0.3) is 0 Å². The van der Waals surface area contributed by atoms with Gasteiger partial charge < -0.3 is 10.5 Å². The number of rotatable bonds is 6. The summed E-state index contributed by atoms with van der Waals surface area (Å²) < 4.78 is 4.67. The Morgan fingerprint density at radius 1 is 1.60 bits per heavy atom. The van der Waals surface area contributed by atoms with Gasteiger partial charge in [0.15, 0.2) is 5.03 Å². The lowest BCUT2D eigenvalue weighted by molar-refractivity contribution is -0.388. The molecule has 0 spiro atoms. The molecular formula is C12H15N3O4S. The van der Waals surface area contributed by atoms with Crippen LogP contribution in [-0.2, 0) is 9.53 Å². The smallest absolute Gasteiger partial charge is 0.306 e. The van der Waals surface area contributed by atoms with E-state index in [0.717, 1.165) is 12.8 Å². The Kier molecular flexibility index (Phi) is 4.12. The van der Waals surface area contributed by atoms with Gasteiger partial charge in [-0.25, -0.2) is 4.98 Å². The van der Waals surface area contributed by atoms with Crippen LogP contribution in [0, 0.1) is 15.5 Å². The maximum Gasteiger partial charge on any atom is 0.306 e. The van der Waals surface area contributed by atoms with Crippen molar-refractivity contribution >= 4 is 29.2 Å². The number of ether oxygens (including phenoxy) is 1. The number of nitro groups is 1. The number of anilines is 1. The first kappa shape index (κ1) is 14.6. The van der Waals surface area contributed by atoms with Crippen molar-refractivity contribution in [2.45, 2.75) is 24.3 Å². The maximum absolute atomic E-state index is 11.3. The third-order valence-electron chi connectivity index (χ3n) is 3.28. The van der Waals surface area contributed by atoms with Gasteiger partial charge >= 0.3 is 11.7 Å². The number of nitrogen functional groups attached to an aromatic ring is 1. The summed E-state index contributed by atoms with van der Waals surface area (Å²) in [6, 6.07) is 2.76. The minimum Gasteiger partial charge on any atom is -0.469 e. The third kappa shape index (κ3) is 3.38. The summed E-state index contributed by atoms with van der Waals surface area (Å²) in [5, 5.41) is 11.2. The van der Waals surface area contributed by atoms with Crippen LogP contribution in [-0.4, -0.2) is 28.7 Å². The molecule has 0 bridgehead atoms. The molecule has 0 aromatic carbocycles. The molecule has 0 unspecified atom stereocenters. The number of carbonyl (C=O) groups is 1. The van der Waals surface area contributed by atoms with Crippen LogP contribution in [0.2, 0.25) is 0 Å². The van der Waals surface area contributed by atoms with Gasteiger partial charge in [-0.15, -0.1) is 0 Å². The molecule has 7 nitrogen and oxygen atoms in total. The second-order valence-corrected chi connectivity index (χ2v) is 5.82. The van der Waals surface area contributed by atoms with Gasteiger partial charge in [-0.05, 0) is 24.3 Å². The highest BCUT2D eigenvalue weighted by Crippen LogP contribution is 2.52. The SMILES string of the molecule is COC(=O)CC1(CSc2nc(N)ccc2[N+](=O)[O-])CC1. The van der Waals surface area contributed by atoms with Gasteiger partial charge in [0.2, 0.25) is 0 Å². The highest BCUT2D eigenvalue weighted by atomic mass is 32.2. The molecular weight excluding hydrogens is 282 g/mol. The molecule has 1 fully saturated rings. The highest BCUT2D eigenvalue weighted by molar-refractivity contribution is 7.99. The number of carbonyl (C=O) groups excluding carboxylic acids is 1. The Balaban J connectivity index is 2.06. The van der Waals surface area contributed by atoms with Crippen LogP contribution in [0.25, 0.3) is 0 Å². The molecule has 8 heteroatoms. The molecule has 1 aliphatic rings. The topological polar surface area (TPSA) is 108 Å². The maximum atomic E-state index is 11.3. The first-order chi connectivity index (χ1) is 9.46. The van der Waals surface area contributed by atoms with Crippen LogP contribution < -0.4 is 5.73 Å². The molecule has 1 heterocycles. The fraction of sp³-hybridized carbons (Fsp3) is 0.500. The van der Waals surface area contributed by atoms with Gasteiger partial charge in [0, 0.05) is 11.8 Å². The van der Waals surface area contributed by atoms with E-state index < -0.39 is 4.92 Å². The van der Waals surface area contributed by atoms with Crippen molar-refractivity contribution in [3.05, 3.63) is 22.2 Å². The number of aromatic nitrogens is 1. The van der Waals surface area contributed by atoms with Crippen LogP contribution in [0.5, 0.6) is 0 Å². The summed E-state index contributed by atoms with van der Waals surface area (Å²) in [7, 11) is 1.36. The molecule has 0 radical (unpaired) electrons. The number of nitrogens with zero attached hydrogens (tertiary/aromatic N) is 2. The standard InChI is InChI=1S/C12H15N3O4S/c1-19-10(16)6-12(4-5-12)7-20-11-8(15(17)18)2-3-9(13)14-11/h2-3H,4-7H2,1H3,(H2,13,14). The summed E-state index contributed by atoms with van der Waals surface area (Å²) in [5.74, 6) is 0.591. The molecule has 20 heavy (non-hydrogen) atoms. The highest BCUT2D eigenvalue weighted by Gasteiger charge is 2.45. The minimum absolute atomic E-state index is 0.0573. The lowest BCUT2D eigenvalue weighted by Gasteiger charge is -2.12. The zero-order chi connectivity index (χ0) is 14.8. The third-order valence-corrected chi connectivity index (χ3v) is 4.61. The normalized spacial score (nSPS) is 15.7. The number of hydrogen-bond acceptors (Lipinski definition) is 7. The Labute approximate surface area is 120 Å². The van der Waals surface area contributed by atoms with E-state index in [2.05, 4.69) is 9.72 Å². The second-order valence-electron chi connectivity index (χ2n) is 4.86. The molecule has 1 aliphatic carbocycles. The zero-order valence-corrected chi connectivity index (χ0v) is 11.8. The van der Waals surface area contributed by atoms with Crippen molar-refractivity contribution in [3.63, 3.8) is 0 Å². The van der Waals surface area contributed by atoms with Crippen LogP contribution >= 0.6 is 11.8 Å². The Morgan fingerprint density at radius 3 is 2.85 bits per heavy atom. The molecule has 0 atom stereocenters. The van der Waals surface area contributed by atoms with E-state index in [1.807, 2.05) is 0 Å². The van der Waals surface area contributed by atoms with Crippen molar-refractivity contribution in [1.82, 2.24) is 4.98 Å². The molecule has 2 rings (SSSR count). The molecule has 0 amide bonds. The second kappa shape index (κ2) is 5.66. The molecule has 1 saturated carbocycles. The fourth-order valence-corrected chi connectivity index (χ4v) is 3.14. The van der Waals surface area contributed by atoms with Crippen molar-refractivity contribution in [3.8, 4) is 0 Å². The van der Waals surface area contributed by atoms with E-state index in [9.17, 15) is 14.9 Å². The van der Waals surface area contributed by atoms with E-state index in [1.165, 1.54) is 31.0 Å². The van der Waals surface area contributed by atoms with E-state index in [0.29, 0.717) is 17.2 Å². The van der Waals surface area contributed by atoms with Crippen molar-refractivity contribution in [2.75, 3.05) is 18.6 Å². The summed E-state index contributed by atoms with van der Waals surface area (Å²) in [6.07, 6.45) is 2.18. The van der Waals surface area contributed by atoms with Crippen molar-refractivity contribution in [1.29, 1.82) is 0 Å². The van der Waals surface area contributed by atoms with Gasteiger partial charge in [-0.2, -0.15) is 0 Å². The Bertz CT molecular complexity index is 546.